The number of hydrogen-bond acceptors (Lipinski definition) is 3. The van der Waals surface area contributed by atoms with Crippen molar-refractivity contribution < 1.29 is 19.4 Å². The van der Waals surface area contributed by atoms with Gasteiger partial charge in [-0.1, -0.05) is 19.1 Å². The number of ether oxygens (including phenoxy) is 1. The van der Waals surface area contributed by atoms with Crippen molar-refractivity contribution in [3.8, 4) is 0 Å². The number of carbonyl (C=O) groups is 2. The van der Waals surface area contributed by atoms with E-state index in [1.54, 1.807) is 0 Å². The zero-order valence-electron chi connectivity index (χ0n) is 11.1. The highest BCUT2D eigenvalue weighted by atomic mass is 16.5. The van der Waals surface area contributed by atoms with Gasteiger partial charge in [0, 0.05) is 12.0 Å². The Labute approximate surface area is 113 Å². The first kappa shape index (κ1) is 13.9. The van der Waals surface area contributed by atoms with Gasteiger partial charge in [-0.25, -0.2) is 4.79 Å². The summed E-state index contributed by atoms with van der Waals surface area (Å²) in [5.41, 5.74) is -0.276. The van der Waals surface area contributed by atoms with E-state index >= 15 is 0 Å². The van der Waals surface area contributed by atoms with Gasteiger partial charge in [0.05, 0.1) is 6.42 Å². The Morgan fingerprint density at radius 2 is 2.26 bits per heavy atom. The molecule has 19 heavy (non-hydrogen) atoms. The van der Waals surface area contributed by atoms with Gasteiger partial charge in [-0.2, -0.15) is 0 Å². The van der Waals surface area contributed by atoms with Gasteiger partial charge in [0.1, 0.15) is 6.61 Å². The lowest BCUT2D eigenvalue weighted by atomic mass is 9.70. The van der Waals surface area contributed by atoms with E-state index in [0.717, 1.165) is 19.3 Å². The van der Waals surface area contributed by atoms with Crippen LogP contribution < -0.4 is 5.32 Å². The second-order valence-corrected chi connectivity index (χ2v) is 5.75. The molecule has 2 bridgehead atoms. The molecule has 0 spiro atoms. The fourth-order valence-corrected chi connectivity index (χ4v) is 3.79. The van der Waals surface area contributed by atoms with E-state index in [-0.39, 0.29) is 18.4 Å². The normalized spacial score (nSPS) is 32.0. The lowest BCUT2D eigenvalue weighted by molar-refractivity contribution is -0.140. The van der Waals surface area contributed by atoms with Crippen LogP contribution >= 0.6 is 0 Å². The highest BCUT2D eigenvalue weighted by molar-refractivity contribution is 5.69. The van der Waals surface area contributed by atoms with Gasteiger partial charge in [0.2, 0.25) is 0 Å². The Morgan fingerprint density at radius 1 is 1.47 bits per heavy atom. The summed E-state index contributed by atoms with van der Waals surface area (Å²) in [7, 11) is 0. The minimum absolute atomic E-state index is 0.135. The van der Waals surface area contributed by atoms with Gasteiger partial charge in [-0.05, 0) is 31.1 Å². The summed E-state index contributed by atoms with van der Waals surface area (Å²) in [5, 5.41) is 11.8. The van der Waals surface area contributed by atoms with Crippen molar-refractivity contribution in [2.75, 3.05) is 13.2 Å². The molecule has 0 radical (unpaired) electrons. The molecule has 3 atom stereocenters. The third-order valence-electron chi connectivity index (χ3n) is 4.52. The highest BCUT2D eigenvalue weighted by Gasteiger charge is 2.51. The molecule has 2 aliphatic rings. The smallest absolute Gasteiger partial charge is 0.407 e. The predicted molar refractivity (Wildman–Crippen MR) is 69.7 cm³/mol. The van der Waals surface area contributed by atoms with Crippen LogP contribution in [0.15, 0.2) is 12.7 Å². The van der Waals surface area contributed by atoms with Crippen molar-refractivity contribution in [2.24, 2.45) is 17.3 Å². The number of aliphatic carboxylic acids is 1. The van der Waals surface area contributed by atoms with Crippen molar-refractivity contribution in [3.05, 3.63) is 12.7 Å². The van der Waals surface area contributed by atoms with E-state index in [4.69, 9.17) is 9.84 Å². The minimum atomic E-state index is -0.784. The summed E-state index contributed by atoms with van der Waals surface area (Å²) in [4.78, 5) is 22.6. The summed E-state index contributed by atoms with van der Waals surface area (Å²) >= 11 is 0. The predicted octanol–water partition coefficient (Wildman–Crippen LogP) is 2.18. The van der Waals surface area contributed by atoms with E-state index in [0.29, 0.717) is 18.4 Å². The van der Waals surface area contributed by atoms with E-state index in [9.17, 15) is 9.59 Å². The third-order valence-corrected chi connectivity index (χ3v) is 4.52. The molecule has 3 unspecified atom stereocenters. The first-order valence-electron chi connectivity index (χ1n) is 6.79. The molecule has 106 valence electrons. The van der Waals surface area contributed by atoms with Crippen molar-refractivity contribution in [1.82, 2.24) is 5.32 Å². The van der Waals surface area contributed by atoms with Crippen molar-refractivity contribution >= 4 is 12.1 Å². The van der Waals surface area contributed by atoms with Crippen molar-refractivity contribution in [2.45, 2.75) is 32.1 Å². The maximum atomic E-state index is 11.5. The molecule has 2 saturated carbocycles. The largest absolute Gasteiger partial charge is 0.481 e. The standard InChI is InChI=1S/C14H21NO4/c1-2-5-19-13(18)15-9-14(8-12(16)17)7-10-3-4-11(14)6-10/h2,10-11H,1,3-9H2,(H,15,18)(H,16,17). The summed E-state index contributed by atoms with van der Waals surface area (Å²) < 4.78 is 4.87. The Balaban J connectivity index is 1.94. The van der Waals surface area contributed by atoms with Gasteiger partial charge < -0.3 is 15.2 Å². The summed E-state index contributed by atoms with van der Waals surface area (Å²) in [6.07, 6.45) is 5.45. The average Bonchev–Trinajstić information content (AvgIpc) is 2.93. The third kappa shape index (κ3) is 3.08. The van der Waals surface area contributed by atoms with Crippen LogP contribution in [0, 0.1) is 17.3 Å². The van der Waals surface area contributed by atoms with Crippen LogP contribution in [0.1, 0.15) is 32.1 Å². The Kier molecular flexibility index (Phi) is 4.12. The topological polar surface area (TPSA) is 75.6 Å². The lowest BCUT2D eigenvalue weighted by Crippen LogP contribution is -2.42. The highest BCUT2D eigenvalue weighted by Crippen LogP contribution is 2.57. The van der Waals surface area contributed by atoms with Crippen LogP contribution in [0.25, 0.3) is 0 Å². The molecule has 0 aromatic heterocycles. The molecule has 5 heteroatoms. The Bertz CT molecular complexity index is 382. The lowest BCUT2D eigenvalue weighted by Gasteiger charge is -2.36. The zero-order valence-corrected chi connectivity index (χ0v) is 11.1. The van der Waals surface area contributed by atoms with Gasteiger partial charge >= 0.3 is 12.1 Å². The summed E-state index contributed by atoms with van der Waals surface area (Å²) in [6.45, 7) is 4.04. The summed E-state index contributed by atoms with van der Waals surface area (Å²) in [6, 6.07) is 0. The van der Waals surface area contributed by atoms with E-state index in [1.807, 2.05) is 0 Å². The number of carboxylic acid groups (broad SMARTS) is 1. The SMILES string of the molecule is C=CCOC(=O)NCC1(CC(=O)O)CC2CCC1C2. The maximum Gasteiger partial charge on any atom is 0.407 e. The first-order chi connectivity index (χ1) is 9.05. The molecule has 0 saturated heterocycles. The van der Waals surface area contributed by atoms with Crippen LogP contribution in [0.3, 0.4) is 0 Å². The van der Waals surface area contributed by atoms with E-state index in [1.165, 1.54) is 12.5 Å². The molecule has 0 aromatic rings. The van der Waals surface area contributed by atoms with Gasteiger partial charge in [0.25, 0.3) is 0 Å². The Hall–Kier alpha value is -1.52. The molecule has 2 aliphatic carbocycles. The van der Waals surface area contributed by atoms with E-state index in [2.05, 4.69) is 11.9 Å². The summed E-state index contributed by atoms with van der Waals surface area (Å²) in [5.74, 6) is 0.275. The minimum Gasteiger partial charge on any atom is -0.481 e. The number of fused-ring (bicyclic) bond motifs is 2. The van der Waals surface area contributed by atoms with Gasteiger partial charge in [0.15, 0.2) is 0 Å². The number of amides is 1. The van der Waals surface area contributed by atoms with Crippen LogP contribution in [0.2, 0.25) is 0 Å². The van der Waals surface area contributed by atoms with Crippen LogP contribution in [-0.4, -0.2) is 30.3 Å². The number of alkyl carbamates (subject to hydrolysis) is 1. The molecule has 0 aliphatic heterocycles. The molecule has 2 fully saturated rings. The fourth-order valence-electron chi connectivity index (χ4n) is 3.79. The number of carboxylic acids is 1. The Morgan fingerprint density at radius 3 is 2.79 bits per heavy atom. The molecule has 0 aromatic carbocycles. The number of hydrogen-bond donors (Lipinski definition) is 2. The van der Waals surface area contributed by atoms with Crippen LogP contribution in [-0.2, 0) is 9.53 Å². The second kappa shape index (κ2) is 5.63. The monoisotopic (exact) mass is 267 g/mol. The quantitative estimate of drug-likeness (QED) is 0.723. The number of carbonyl (C=O) groups excluding carboxylic acids is 1. The molecular formula is C14H21NO4. The van der Waals surface area contributed by atoms with Crippen molar-refractivity contribution in [1.29, 1.82) is 0 Å². The van der Waals surface area contributed by atoms with Gasteiger partial charge in [-0.3, -0.25) is 4.79 Å². The first-order valence-corrected chi connectivity index (χ1v) is 6.79. The van der Waals surface area contributed by atoms with Crippen LogP contribution in [0.4, 0.5) is 4.79 Å². The van der Waals surface area contributed by atoms with Crippen LogP contribution in [0.5, 0.6) is 0 Å². The molecule has 2 N–H and O–H groups in total. The molecule has 0 heterocycles. The number of rotatable bonds is 6. The second-order valence-electron chi connectivity index (χ2n) is 5.75. The number of nitrogens with one attached hydrogen (secondary N) is 1. The van der Waals surface area contributed by atoms with Crippen molar-refractivity contribution in [3.63, 3.8) is 0 Å². The molecule has 2 rings (SSSR count). The zero-order chi connectivity index (χ0) is 13.9. The van der Waals surface area contributed by atoms with E-state index < -0.39 is 12.1 Å². The maximum absolute atomic E-state index is 11.5. The molecule has 1 amide bonds. The van der Waals surface area contributed by atoms with Gasteiger partial charge in [-0.15, -0.1) is 0 Å². The molecule has 5 nitrogen and oxygen atoms in total. The average molecular weight is 267 g/mol. The fraction of sp³-hybridized carbons (Fsp3) is 0.714. The molecular weight excluding hydrogens is 246 g/mol.